The molecule has 0 bridgehead atoms. The number of carbonyl (C=O) groups excluding carboxylic acids is 1. The van der Waals surface area contributed by atoms with Gasteiger partial charge in [0.2, 0.25) is 5.91 Å². The van der Waals surface area contributed by atoms with Gasteiger partial charge in [-0.2, -0.15) is 0 Å². The Kier molecular flexibility index (Phi) is 5.24. The van der Waals surface area contributed by atoms with Gasteiger partial charge in [0.1, 0.15) is 11.5 Å². The fourth-order valence-corrected chi connectivity index (χ4v) is 2.22. The van der Waals surface area contributed by atoms with Crippen LogP contribution in [0.2, 0.25) is 0 Å². The van der Waals surface area contributed by atoms with E-state index in [1.807, 2.05) is 18.2 Å². The second-order valence-electron chi connectivity index (χ2n) is 4.89. The van der Waals surface area contributed by atoms with Gasteiger partial charge in [-0.05, 0) is 25.0 Å². The molecule has 1 aromatic rings. The largest absolute Gasteiger partial charge is 0.497 e. The molecule has 1 aliphatic rings. The molecular formula is C15H21NO4. The zero-order valence-corrected chi connectivity index (χ0v) is 11.7. The monoisotopic (exact) mass is 279 g/mol. The van der Waals surface area contributed by atoms with E-state index in [9.17, 15) is 9.90 Å². The number of ether oxygens (including phenoxy) is 2. The summed E-state index contributed by atoms with van der Waals surface area (Å²) in [5.74, 6) is 1.52. The van der Waals surface area contributed by atoms with Crippen LogP contribution in [0.4, 0.5) is 0 Å². The molecule has 5 heteroatoms. The van der Waals surface area contributed by atoms with Crippen molar-refractivity contribution in [3.63, 3.8) is 0 Å². The van der Waals surface area contributed by atoms with Gasteiger partial charge in [0.05, 0.1) is 26.2 Å². The summed E-state index contributed by atoms with van der Waals surface area (Å²) in [7, 11) is 1.60. The van der Waals surface area contributed by atoms with Crippen molar-refractivity contribution < 1.29 is 19.4 Å². The Morgan fingerprint density at radius 1 is 1.35 bits per heavy atom. The molecule has 0 spiro atoms. The van der Waals surface area contributed by atoms with E-state index in [2.05, 4.69) is 0 Å². The minimum absolute atomic E-state index is 0.0831. The number of hydrogen-bond donors (Lipinski definition) is 1. The Hall–Kier alpha value is -1.75. The van der Waals surface area contributed by atoms with Gasteiger partial charge in [0.25, 0.3) is 0 Å². The number of likely N-dealkylation sites (tertiary alicyclic amines) is 1. The third-order valence-corrected chi connectivity index (χ3v) is 3.44. The number of aliphatic hydroxyl groups is 1. The van der Waals surface area contributed by atoms with E-state index in [1.165, 1.54) is 0 Å². The lowest BCUT2D eigenvalue weighted by Crippen LogP contribution is -2.40. The Balaban J connectivity index is 1.73. The van der Waals surface area contributed by atoms with Crippen molar-refractivity contribution in [3.8, 4) is 11.5 Å². The maximum absolute atomic E-state index is 12.0. The lowest BCUT2D eigenvalue weighted by molar-refractivity contribution is -0.133. The summed E-state index contributed by atoms with van der Waals surface area (Å²) in [4.78, 5) is 13.8. The molecule has 1 amide bonds. The zero-order valence-electron chi connectivity index (χ0n) is 11.7. The van der Waals surface area contributed by atoms with Gasteiger partial charge in [-0.25, -0.2) is 0 Å². The highest BCUT2D eigenvalue weighted by Gasteiger charge is 2.20. The maximum atomic E-state index is 12.0. The molecule has 0 atom stereocenters. The highest BCUT2D eigenvalue weighted by atomic mass is 16.5. The Morgan fingerprint density at radius 2 is 2.05 bits per heavy atom. The molecule has 2 rings (SSSR count). The molecule has 0 unspecified atom stereocenters. The van der Waals surface area contributed by atoms with Crippen molar-refractivity contribution >= 4 is 5.91 Å². The molecule has 1 saturated heterocycles. The van der Waals surface area contributed by atoms with E-state index in [1.54, 1.807) is 18.1 Å². The highest BCUT2D eigenvalue weighted by molar-refractivity contribution is 5.76. The number of amides is 1. The molecule has 5 nitrogen and oxygen atoms in total. The van der Waals surface area contributed by atoms with Crippen LogP contribution in [0.3, 0.4) is 0 Å². The van der Waals surface area contributed by atoms with Gasteiger partial charge >= 0.3 is 0 Å². The predicted molar refractivity (Wildman–Crippen MR) is 74.9 cm³/mol. The average Bonchev–Trinajstić information content (AvgIpc) is 2.48. The van der Waals surface area contributed by atoms with Crippen LogP contribution >= 0.6 is 0 Å². The van der Waals surface area contributed by atoms with Gasteiger partial charge in [-0.1, -0.05) is 6.07 Å². The molecule has 1 fully saturated rings. The number of methoxy groups -OCH3 is 1. The van der Waals surface area contributed by atoms with Crippen molar-refractivity contribution in [2.75, 3.05) is 26.8 Å². The quantitative estimate of drug-likeness (QED) is 0.886. The smallest absolute Gasteiger partial charge is 0.226 e. The van der Waals surface area contributed by atoms with Crippen molar-refractivity contribution in [1.82, 2.24) is 4.90 Å². The standard InChI is InChI=1S/C15H21NO4/c1-19-13-3-2-4-14(11-13)20-10-7-15(18)16-8-5-12(17)6-9-16/h2-4,11-12,17H,5-10H2,1H3. The second kappa shape index (κ2) is 7.14. The second-order valence-corrected chi connectivity index (χ2v) is 4.89. The summed E-state index contributed by atoms with van der Waals surface area (Å²) in [5.41, 5.74) is 0. The van der Waals surface area contributed by atoms with Crippen LogP contribution in [0, 0.1) is 0 Å². The summed E-state index contributed by atoms with van der Waals surface area (Å²) in [6, 6.07) is 7.32. The SMILES string of the molecule is COc1cccc(OCCC(=O)N2CCC(O)CC2)c1. The van der Waals surface area contributed by atoms with Crippen molar-refractivity contribution in [3.05, 3.63) is 24.3 Å². The third kappa shape index (κ3) is 4.13. The minimum atomic E-state index is -0.257. The van der Waals surface area contributed by atoms with Gasteiger partial charge < -0.3 is 19.5 Å². The normalized spacial score (nSPS) is 16.0. The molecule has 0 aromatic heterocycles. The van der Waals surface area contributed by atoms with Gasteiger partial charge in [-0.3, -0.25) is 4.79 Å². The van der Waals surface area contributed by atoms with E-state index >= 15 is 0 Å². The maximum Gasteiger partial charge on any atom is 0.226 e. The summed E-state index contributed by atoms with van der Waals surface area (Å²) >= 11 is 0. The Labute approximate surface area is 119 Å². The lowest BCUT2D eigenvalue weighted by Gasteiger charge is -2.29. The zero-order chi connectivity index (χ0) is 14.4. The highest BCUT2D eigenvalue weighted by Crippen LogP contribution is 2.19. The van der Waals surface area contributed by atoms with Crippen LogP contribution in [0.15, 0.2) is 24.3 Å². The van der Waals surface area contributed by atoms with E-state index in [0.717, 1.165) is 5.75 Å². The summed E-state index contributed by atoms with van der Waals surface area (Å²) in [6.07, 6.45) is 1.44. The molecule has 1 aliphatic heterocycles. The number of hydrogen-bond acceptors (Lipinski definition) is 4. The number of aliphatic hydroxyl groups excluding tert-OH is 1. The van der Waals surface area contributed by atoms with Crippen LogP contribution in [0.25, 0.3) is 0 Å². The topological polar surface area (TPSA) is 59.0 Å². The molecule has 1 N–H and O–H groups in total. The molecule has 0 aliphatic carbocycles. The number of nitrogens with zero attached hydrogens (tertiary/aromatic N) is 1. The first-order chi connectivity index (χ1) is 9.69. The first-order valence-corrected chi connectivity index (χ1v) is 6.91. The molecule has 0 saturated carbocycles. The number of benzene rings is 1. The molecule has 20 heavy (non-hydrogen) atoms. The van der Waals surface area contributed by atoms with Crippen LogP contribution in [-0.2, 0) is 4.79 Å². The van der Waals surface area contributed by atoms with Gasteiger partial charge in [-0.15, -0.1) is 0 Å². The summed E-state index contributed by atoms with van der Waals surface area (Å²) in [5, 5.41) is 9.41. The fourth-order valence-electron chi connectivity index (χ4n) is 2.22. The summed E-state index contributed by atoms with van der Waals surface area (Å²) < 4.78 is 10.7. The molecule has 1 heterocycles. The van der Waals surface area contributed by atoms with Gasteiger partial charge in [0, 0.05) is 19.2 Å². The Morgan fingerprint density at radius 3 is 2.75 bits per heavy atom. The minimum Gasteiger partial charge on any atom is -0.497 e. The first-order valence-electron chi connectivity index (χ1n) is 6.91. The van der Waals surface area contributed by atoms with Crippen molar-refractivity contribution in [2.24, 2.45) is 0 Å². The first kappa shape index (κ1) is 14.7. The number of rotatable bonds is 5. The van der Waals surface area contributed by atoms with E-state index < -0.39 is 0 Å². The van der Waals surface area contributed by atoms with Crippen LogP contribution in [-0.4, -0.2) is 48.8 Å². The predicted octanol–water partition coefficient (Wildman–Crippen LogP) is 1.45. The van der Waals surface area contributed by atoms with Crippen LogP contribution in [0.5, 0.6) is 11.5 Å². The van der Waals surface area contributed by atoms with Gasteiger partial charge in [0.15, 0.2) is 0 Å². The lowest BCUT2D eigenvalue weighted by atomic mass is 10.1. The van der Waals surface area contributed by atoms with E-state index in [0.29, 0.717) is 44.7 Å². The summed E-state index contributed by atoms with van der Waals surface area (Å²) in [6.45, 7) is 1.63. The van der Waals surface area contributed by atoms with Crippen molar-refractivity contribution in [2.45, 2.75) is 25.4 Å². The number of carbonyl (C=O) groups is 1. The van der Waals surface area contributed by atoms with Crippen LogP contribution < -0.4 is 9.47 Å². The molecule has 0 radical (unpaired) electrons. The third-order valence-electron chi connectivity index (χ3n) is 3.44. The molecule has 110 valence electrons. The molecular weight excluding hydrogens is 258 g/mol. The Bertz CT molecular complexity index is 441. The van der Waals surface area contributed by atoms with E-state index in [-0.39, 0.29) is 12.0 Å². The molecule has 1 aromatic carbocycles. The van der Waals surface area contributed by atoms with Crippen LogP contribution in [0.1, 0.15) is 19.3 Å². The fraction of sp³-hybridized carbons (Fsp3) is 0.533. The van der Waals surface area contributed by atoms with E-state index in [4.69, 9.17) is 9.47 Å². The van der Waals surface area contributed by atoms with Crippen molar-refractivity contribution in [1.29, 1.82) is 0 Å². The average molecular weight is 279 g/mol. The number of piperidine rings is 1.